The van der Waals surface area contributed by atoms with E-state index in [2.05, 4.69) is 25.9 Å². The summed E-state index contributed by atoms with van der Waals surface area (Å²) in [6, 6.07) is 11.7. The highest BCUT2D eigenvalue weighted by atomic mass is 16.3. The van der Waals surface area contributed by atoms with Gasteiger partial charge in [0.05, 0.1) is 11.4 Å². The number of hydrogen-bond acceptors (Lipinski definition) is 3. The first kappa shape index (κ1) is 13.6. The second-order valence-corrected chi connectivity index (χ2v) is 6.31. The number of benzene rings is 1. The van der Waals surface area contributed by atoms with E-state index in [1.54, 1.807) is 6.07 Å². The molecule has 0 aliphatic carbocycles. The summed E-state index contributed by atoms with van der Waals surface area (Å²) in [6.07, 6.45) is 0. The normalized spacial score (nSPS) is 12.0. The lowest BCUT2D eigenvalue weighted by atomic mass is 9.92. The number of aryl methyl sites for hydroxylation is 1. The first-order valence-electron chi connectivity index (χ1n) is 7.03. The van der Waals surface area contributed by atoms with Crippen molar-refractivity contribution in [2.75, 3.05) is 0 Å². The van der Waals surface area contributed by atoms with E-state index in [0.29, 0.717) is 5.65 Å². The molecule has 0 fully saturated rings. The Morgan fingerprint density at radius 2 is 1.76 bits per heavy atom. The molecule has 1 N–H and O–H groups in total. The van der Waals surface area contributed by atoms with Gasteiger partial charge in [-0.05, 0) is 12.5 Å². The van der Waals surface area contributed by atoms with Crippen molar-refractivity contribution in [2.45, 2.75) is 33.1 Å². The smallest absolute Gasteiger partial charge is 0.215 e. The van der Waals surface area contributed by atoms with E-state index < -0.39 is 0 Å². The van der Waals surface area contributed by atoms with Crippen LogP contribution in [-0.4, -0.2) is 19.7 Å². The number of hydrogen-bond donors (Lipinski definition) is 1. The molecule has 4 heteroatoms. The zero-order chi connectivity index (χ0) is 15.2. The van der Waals surface area contributed by atoms with Gasteiger partial charge in [-0.3, -0.25) is 0 Å². The van der Waals surface area contributed by atoms with Crippen molar-refractivity contribution in [3.05, 3.63) is 47.8 Å². The summed E-state index contributed by atoms with van der Waals surface area (Å²) >= 11 is 0. The number of rotatable bonds is 1. The van der Waals surface area contributed by atoms with Gasteiger partial charge in [-0.1, -0.05) is 51.1 Å². The van der Waals surface area contributed by atoms with E-state index in [4.69, 9.17) is 4.98 Å². The maximum Gasteiger partial charge on any atom is 0.215 e. The first-order valence-corrected chi connectivity index (χ1v) is 7.03. The number of nitrogens with zero attached hydrogens (tertiary/aromatic N) is 3. The second kappa shape index (κ2) is 4.58. The minimum Gasteiger partial charge on any atom is -0.493 e. The lowest BCUT2D eigenvalue weighted by Gasteiger charge is -2.18. The van der Waals surface area contributed by atoms with Gasteiger partial charge in [0.25, 0.3) is 0 Å². The van der Waals surface area contributed by atoms with Crippen LogP contribution in [0.3, 0.4) is 0 Å². The molecule has 3 aromatic rings. The molecule has 2 aromatic heterocycles. The monoisotopic (exact) mass is 281 g/mol. The van der Waals surface area contributed by atoms with Gasteiger partial charge in [0.15, 0.2) is 5.65 Å². The first-order chi connectivity index (χ1) is 9.88. The maximum atomic E-state index is 10.3. The SMILES string of the molecule is Cc1nn2c(O)cc(C(C)(C)C)nc2c1-c1ccccc1. The molecule has 0 aliphatic heterocycles. The number of aromatic nitrogens is 3. The van der Waals surface area contributed by atoms with E-state index in [0.717, 1.165) is 22.5 Å². The Morgan fingerprint density at radius 3 is 2.38 bits per heavy atom. The van der Waals surface area contributed by atoms with Crippen LogP contribution in [0.4, 0.5) is 0 Å². The van der Waals surface area contributed by atoms with Crippen LogP contribution in [0.2, 0.25) is 0 Å². The Labute approximate surface area is 124 Å². The molecule has 0 saturated heterocycles. The molecule has 0 amide bonds. The van der Waals surface area contributed by atoms with Gasteiger partial charge in [-0.2, -0.15) is 9.61 Å². The van der Waals surface area contributed by atoms with Crippen LogP contribution >= 0.6 is 0 Å². The lowest BCUT2D eigenvalue weighted by molar-refractivity contribution is 0.429. The molecule has 3 rings (SSSR count). The predicted octanol–water partition coefficient (Wildman–Crippen LogP) is 3.71. The molecule has 0 bridgehead atoms. The fourth-order valence-electron chi connectivity index (χ4n) is 2.43. The molecule has 0 unspecified atom stereocenters. The molecule has 0 radical (unpaired) electrons. The van der Waals surface area contributed by atoms with Crippen LogP contribution in [0.5, 0.6) is 5.88 Å². The van der Waals surface area contributed by atoms with Crippen molar-refractivity contribution in [1.82, 2.24) is 14.6 Å². The minimum absolute atomic E-state index is 0.121. The summed E-state index contributed by atoms with van der Waals surface area (Å²) in [5.41, 5.74) is 4.30. The van der Waals surface area contributed by atoms with Crippen molar-refractivity contribution in [1.29, 1.82) is 0 Å². The zero-order valence-corrected chi connectivity index (χ0v) is 12.8. The van der Waals surface area contributed by atoms with Gasteiger partial charge in [-0.15, -0.1) is 0 Å². The third kappa shape index (κ3) is 2.27. The highest BCUT2D eigenvalue weighted by molar-refractivity contribution is 5.80. The Hall–Kier alpha value is -2.36. The molecule has 2 heterocycles. The Bertz CT molecular complexity index is 798. The highest BCUT2D eigenvalue weighted by Crippen LogP contribution is 2.31. The van der Waals surface area contributed by atoms with Gasteiger partial charge in [0, 0.05) is 17.0 Å². The van der Waals surface area contributed by atoms with Crippen LogP contribution in [0.15, 0.2) is 36.4 Å². The standard InChI is InChI=1S/C17H19N3O/c1-11-15(12-8-6-5-7-9-12)16-18-13(17(2,3)4)10-14(21)20(16)19-11/h5-10,21H,1-4H3. The predicted molar refractivity (Wildman–Crippen MR) is 83.5 cm³/mol. The fourth-order valence-corrected chi connectivity index (χ4v) is 2.43. The minimum atomic E-state index is -0.134. The quantitative estimate of drug-likeness (QED) is 0.739. The van der Waals surface area contributed by atoms with Crippen molar-refractivity contribution < 1.29 is 5.11 Å². The van der Waals surface area contributed by atoms with Crippen molar-refractivity contribution >= 4 is 5.65 Å². The van der Waals surface area contributed by atoms with Crippen molar-refractivity contribution in [3.63, 3.8) is 0 Å². The Morgan fingerprint density at radius 1 is 1.10 bits per heavy atom. The van der Waals surface area contributed by atoms with E-state index in [1.165, 1.54) is 4.52 Å². The molecular weight excluding hydrogens is 262 g/mol. The van der Waals surface area contributed by atoms with Crippen molar-refractivity contribution in [3.8, 4) is 17.0 Å². The van der Waals surface area contributed by atoms with Gasteiger partial charge in [-0.25, -0.2) is 4.98 Å². The molecule has 108 valence electrons. The van der Waals surface area contributed by atoms with E-state index in [-0.39, 0.29) is 11.3 Å². The molecule has 0 aliphatic rings. The summed E-state index contributed by atoms with van der Waals surface area (Å²) < 4.78 is 1.51. The topological polar surface area (TPSA) is 50.4 Å². The summed E-state index contributed by atoms with van der Waals surface area (Å²) in [6.45, 7) is 8.18. The summed E-state index contributed by atoms with van der Waals surface area (Å²) in [5, 5.41) is 14.7. The van der Waals surface area contributed by atoms with Crippen LogP contribution in [0.25, 0.3) is 16.8 Å². The second-order valence-electron chi connectivity index (χ2n) is 6.31. The third-order valence-electron chi connectivity index (χ3n) is 3.58. The summed E-state index contributed by atoms with van der Waals surface area (Å²) in [5.74, 6) is 0.121. The Kier molecular flexibility index (Phi) is 2.97. The van der Waals surface area contributed by atoms with Gasteiger partial charge in [0.2, 0.25) is 5.88 Å². The molecule has 21 heavy (non-hydrogen) atoms. The molecule has 0 spiro atoms. The lowest BCUT2D eigenvalue weighted by Crippen LogP contribution is -2.14. The van der Waals surface area contributed by atoms with Crippen LogP contribution in [0, 0.1) is 6.92 Å². The van der Waals surface area contributed by atoms with E-state index >= 15 is 0 Å². The molecule has 1 aromatic carbocycles. The van der Waals surface area contributed by atoms with E-state index in [9.17, 15) is 5.11 Å². The fraction of sp³-hybridized carbons (Fsp3) is 0.294. The highest BCUT2D eigenvalue weighted by Gasteiger charge is 2.21. The van der Waals surface area contributed by atoms with Crippen molar-refractivity contribution in [2.24, 2.45) is 0 Å². The van der Waals surface area contributed by atoms with Gasteiger partial charge < -0.3 is 5.11 Å². The van der Waals surface area contributed by atoms with E-state index in [1.807, 2.05) is 37.3 Å². The molecule has 0 atom stereocenters. The largest absolute Gasteiger partial charge is 0.493 e. The van der Waals surface area contributed by atoms with Gasteiger partial charge >= 0.3 is 0 Å². The molecule has 0 saturated carbocycles. The van der Waals surface area contributed by atoms with Crippen LogP contribution in [-0.2, 0) is 5.41 Å². The maximum absolute atomic E-state index is 10.3. The van der Waals surface area contributed by atoms with Crippen LogP contribution < -0.4 is 0 Å². The number of aromatic hydroxyl groups is 1. The zero-order valence-electron chi connectivity index (χ0n) is 12.8. The molecule has 4 nitrogen and oxygen atoms in total. The van der Waals surface area contributed by atoms with Crippen LogP contribution in [0.1, 0.15) is 32.2 Å². The summed E-state index contributed by atoms with van der Waals surface area (Å²) in [7, 11) is 0. The summed E-state index contributed by atoms with van der Waals surface area (Å²) in [4.78, 5) is 4.74. The third-order valence-corrected chi connectivity index (χ3v) is 3.58. The Balaban J connectivity index is 2.35. The average Bonchev–Trinajstić information content (AvgIpc) is 2.75. The van der Waals surface area contributed by atoms with Gasteiger partial charge in [0.1, 0.15) is 0 Å². The number of fused-ring (bicyclic) bond motifs is 1. The average molecular weight is 281 g/mol. The molecular formula is C17H19N3O.